The van der Waals surface area contributed by atoms with Crippen molar-refractivity contribution in [2.45, 2.75) is 38.3 Å². The van der Waals surface area contributed by atoms with E-state index in [9.17, 15) is 14.3 Å². The molecule has 4 aromatic rings. The molecule has 11 heteroatoms. The molecule has 180 valence electrons. The number of likely N-dealkylation sites (N-methyl/N-ethyl adjacent to an activating group) is 1. The zero-order valence-corrected chi connectivity index (χ0v) is 19.1. The van der Waals surface area contributed by atoms with Crippen LogP contribution in [0.4, 0.5) is 10.2 Å². The number of hydrogen-bond donors (Lipinski definition) is 3. The molecule has 1 amide bonds. The van der Waals surface area contributed by atoms with Crippen molar-refractivity contribution < 1.29 is 19.0 Å². The molecule has 35 heavy (non-hydrogen) atoms. The Morgan fingerprint density at radius 1 is 1.29 bits per heavy atom. The first-order chi connectivity index (χ1) is 16.9. The Labute approximate surface area is 200 Å². The van der Waals surface area contributed by atoms with Gasteiger partial charge in [-0.2, -0.15) is 0 Å². The molecule has 3 N–H and O–H groups in total. The molecular weight excluding hydrogens is 453 g/mol. The van der Waals surface area contributed by atoms with Crippen molar-refractivity contribution in [3.05, 3.63) is 66.0 Å². The zero-order valence-electron chi connectivity index (χ0n) is 19.1. The summed E-state index contributed by atoms with van der Waals surface area (Å²) in [6.45, 7) is 2.50. The first-order valence-electron chi connectivity index (χ1n) is 11.1. The number of carbonyl (C=O) groups excluding carboxylic acids is 1. The van der Waals surface area contributed by atoms with E-state index in [2.05, 4.69) is 36.6 Å². The number of aliphatic hydroxyl groups is 1. The molecule has 0 spiro atoms. The van der Waals surface area contributed by atoms with Gasteiger partial charge < -0.3 is 20.5 Å². The van der Waals surface area contributed by atoms with E-state index in [4.69, 9.17) is 4.74 Å². The number of aryl methyl sites for hydroxylation is 1. The number of nitrogens with zero attached hydrogens (tertiary/aromatic N) is 5. The Balaban J connectivity index is 1.55. The van der Waals surface area contributed by atoms with Crippen LogP contribution in [0, 0.1) is 12.7 Å². The molecule has 0 saturated carbocycles. The van der Waals surface area contributed by atoms with Gasteiger partial charge in [-0.05, 0) is 18.6 Å². The van der Waals surface area contributed by atoms with Crippen LogP contribution in [0.1, 0.15) is 23.8 Å². The minimum absolute atomic E-state index is 0.177. The van der Waals surface area contributed by atoms with Gasteiger partial charge in [0.15, 0.2) is 28.9 Å². The van der Waals surface area contributed by atoms with Crippen molar-refractivity contribution in [2.24, 2.45) is 0 Å². The largest absolute Gasteiger partial charge is 0.390 e. The third-order valence-electron chi connectivity index (χ3n) is 5.84. The number of carbonyl (C=O) groups is 1. The second-order valence-corrected chi connectivity index (χ2v) is 8.38. The Morgan fingerprint density at radius 3 is 2.91 bits per heavy atom. The topological polar surface area (TPSA) is 127 Å². The number of imidazole rings is 1. The second kappa shape index (κ2) is 9.35. The van der Waals surface area contributed by atoms with Crippen LogP contribution >= 0.6 is 0 Å². The maximum Gasteiger partial charge on any atom is 0.251 e. The van der Waals surface area contributed by atoms with Gasteiger partial charge in [0.2, 0.25) is 0 Å². The first-order valence-corrected chi connectivity index (χ1v) is 11.1. The average Bonchev–Trinajstić information content (AvgIpc) is 3.45. The molecule has 1 aliphatic rings. The minimum atomic E-state index is -1.00. The molecule has 1 aromatic carbocycles. The van der Waals surface area contributed by atoms with E-state index in [-0.39, 0.29) is 12.2 Å². The lowest BCUT2D eigenvalue weighted by atomic mass is 10.1. The normalized spacial score (nSPS) is 19.7. The highest BCUT2D eigenvalue weighted by Gasteiger charge is 2.40. The molecule has 1 fully saturated rings. The number of fused-ring (bicyclic) bond motifs is 1. The van der Waals surface area contributed by atoms with Gasteiger partial charge in [-0.15, -0.1) is 0 Å². The van der Waals surface area contributed by atoms with Crippen molar-refractivity contribution in [1.82, 2.24) is 29.8 Å². The van der Waals surface area contributed by atoms with Crippen LogP contribution in [0.2, 0.25) is 0 Å². The lowest BCUT2D eigenvalue weighted by molar-refractivity contribution is -0.137. The monoisotopic (exact) mass is 477 g/mol. The van der Waals surface area contributed by atoms with Crippen molar-refractivity contribution in [3.8, 4) is 11.4 Å². The van der Waals surface area contributed by atoms with E-state index in [1.165, 1.54) is 25.6 Å². The smallest absolute Gasteiger partial charge is 0.251 e. The van der Waals surface area contributed by atoms with E-state index in [1.807, 2.05) is 25.1 Å². The molecule has 4 heterocycles. The van der Waals surface area contributed by atoms with Crippen LogP contribution in [-0.2, 0) is 16.1 Å². The lowest BCUT2D eigenvalue weighted by Crippen LogP contribution is -2.38. The van der Waals surface area contributed by atoms with Crippen molar-refractivity contribution in [2.75, 3.05) is 12.4 Å². The van der Waals surface area contributed by atoms with Gasteiger partial charge in [0, 0.05) is 31.8 Å². The summed E-state index contributed by atoms with van der Waals surface area (Å²) < 4.78 is 21.4. The summed E-state index contributed by atoms with van der Waals surface area (Å²) in [6, 6.07) is 9.36. The molecular formula is C24H24FN7O3. The van der Waals surface area contributed by atoms with Gasteiger partial charge in [0.05, 0.1) is 18.6 Å². The maximum absolute atomic E-state index is 13.9. The van der Waals surface area contributed by atoms with E-state index in [0.29, 0.717) is 29.1 Å². The van der Waals surface area contributed by atoms with Gasteiger partial charge in [-0.25, -0.2) is 19.3 Å². The Kier molecular flexibility index (Phi) is 6.10. The molecule has 3 aromatic heterocycles. The van der Waals surface area contributed by atoms with Crippen LogP contribution in [0.5, 0.6) is 0 Å². The van der Waals surface area contributed by atoms with E-state index in [1.54, 1.807) is 4.57 Å². The molecule has 3 atom stereocenters. The van der Waals surface area contributed by atoms with Gasteiger partial charge in [0.25, 0.3) is 5.91 Å². The van der Waals surface area contributed by atoms with E-state index in [0.717, 1.165) is 17.3 Å². The molecule has 10 nitrogen and oxygen atoms in total. The van der Waals surface area contributed by atoms with Crippen LogP contribution < -0.4 is 10.6 Å². The van der Waals surface area contributed by atoms with Gasteiger partial charge in [0.1, 0.15) is 12.0 Å². The fourth-order valence-corrected chi connectivity index (χ4v) is 4.13. The third-order valence-corrected chi connectivity index (χ3v) is 5.84. The van der Waals surface area contributed by atoms with Crippen LogP contribution in [-0.4, -0.2) is 54.8 Å². The van der Waals surface area contributed by atoms with Crippen LogP contribution in [0.25, 0.3) is 22.6 Å². The number of pyridine rings is 1. The number of nitrogens with one attached hydrogen (secondary N) is 2. The van der Waals surface area contributed by atoms with Crippen molar-refractivity contribution >= 4 is 22.9 Å². The Hall–Kier alpha value is -3.96. The fraction of sp³-hybridized carbons (Fsp3) is 0.292. The first kappa shape index (κ1) is 22.8. The molecule has 0 aliphatic carbocycles. The number of aliphatic hydroxyl groups excluding tert-OH is 1. The number of hydrogen-bond acceptors (Lipinski definition) is 8. The van der Waals surface area contributed by atoms with Crippen LogP contribution in [0.15, 0.2) is 49.1 Å². The summed E-state index contributed by atoms with van der Waals surface area (Å²) in [6.07, 6.45) is 1.64. The lowest BCUT2D eigenvalue weighted by Gasteiger charge is -2.15. The average molecular weight is 478 g/mol. The van der Waals surface area contributed by atoms with Crippen molar-refractivity contribution in [3.63, 3.8) is 0 Å². The highest BCUT2D eigenvalue weighted by atomic mass is 19.1. The number of aromatic nitrogens is 5. The van der Waals surface area contributed by atoms with Crippen molar-refractivity contribution in [1.29, 1.82) is 0 Å². The number of halogens is 1. The Morgan fingerprint density at radius 2 is 2.14 bits per heavy atom. The molecule has 0 bridgehead atoms. The third kappa shape index (κ3) is 4.55. The number of benzene rings is 1. The van der Waals surface area contributed by atoms with Crippen LogP contribution in [0.3, 0.4) is 0 Å². The second-order valence-electron chi connectivity index (χ2n) is 8.38. The zero-order chi connectivity index (χ0) is 24.5. The standard InChI is InChI=1S/C24H24FN7O3/c1-13-4-3-5-14(6-13)9-28-22-19-23(31-21(30-22)15-7-16(25)11-27-10-15)32(12-29-19)18-8-17(33)20(35-18)24(34)26-2/h3-7,10-12,17-18,20,33H,8-9H2,1-2H3,(H,26,34)(H,28,30,31)/t17-,18+,20-/m0/s1. The summed E-state index contributed by atoms with van der Waals surface area (Å²) >= 11 is 0. The molecule has 0 unspecified atom stereocenters. The summed E-state index contributed by atoms with van der Waals surface area (Å²) in [5.74, 6) is -0.217. The van der Waals surface area contributed by atoms with E-state index >= 15 is 0 Å². The van der Waals surface area contributed by atoms with E-state index < -0.39 is 30.2 Å². The summed E-state index contributed by atoms with van der Waals surface area (Å²) in [5.41, 5.74) is 3.48. The predicted molar refractivity (Wildman–Crippen MR) is 126 cm³/mol. The molecule has 1 saturated heterocycles. The summed E-state index contributed by atoms with van der Waals surface area (Å²) in [4.78, 5) is 29.7. The molecule has 1 aliphatic heterocycles. The fourth-order valence-electron chi connectivity index (χ4n) is 4.13. The SMILES string of the molecule is CNC(=O)[C@H]1O[C@@H](n2cnc3c(NCc4cccc(C)c4)nc(-c4cncc(F)c4)nc32)C[C@@H]1O. The number of anilines is 1. The van der Waals surface area contributed by atoms with Gasteiger partial charge in [-0.1, -0.05) is 29.8 Å². The van der Waals surface area contributed by atoms with Gasteiger partial charge >= 0.3 is 0 Å². The quantitative estimate of drug-likeness (QED) is 0.386. The highest BCUT2D eigenvalue weighted by molar-refractivity contribution is 5.85. The highest BCUT2D eigenvalue weighted by Crippen LogP contribution is 2.33. The predicted octanol–water partition coefficient (Wildman–Crippen LogP) is 2.34. The Bertz CT molecular complexity index is 1390. The summed E-state index contributed by atoms with van der Waals surface area (Å²) in [7, 11) is 1.48. The number of ether oxygens (including phenoxy) is 1. The summed E-state index contributed by atoms with van der Waals surface area (Å²) in [5, 5.41) is 16.2. The number of rotatable bonds is 6. The van der Waals surface area contributed by atoms with Gasteiger partial charge in [-0.3, -0.25) is 14.3 Å². The number of amides is 1. The molecule has 5 rings (SSSR count). The minimum Gasteiger partial charge on any atom is -0.390 e. The maximum atomic E-state index is 13.9. The molecule has 0 radical (unpaired) electrons.